The molecule has 4 aromatic carbocycles. The second kappa shape index (κ2) is 5.83. The normalized spacial score (nSPS) is 13.1. The van der Waals surface area contributed by atoms with Crippen LogP contribution >= 0.6 is 0 Å². The van der Waals surface area contributed by atoms with Crippen LogP contribution in [0.1, 0.15) is 11.1 Å². The monoisotopic (exact) mass is 385 g/mol. The fourth-order valence-electron chi connectivity index (χ4n) is 5.16. The van der Waals surface area contributed by atoms with Gasteiger partial charge in [0.05, 0.1) is 22.2 Å². The molecule has 0 bridgehead atoms. The van der Waals surface area contributed by atoms with Gasteiger partial charge in [0.15, 0.2) is 0 Å². The number of hydrogen-bond donors (Lipinski definition) is 1. The lowest BCUT2D eigenvalue weighted by molar-refractivity contribution is 0.911. The minimum Gasteiger partial charge on any atom is -0.300 e. The van der Waals surface area contributed by atoms with Gasteiger partial charge in [0, 0.05) is 22.4 Å². The molecule has 0 fully saturated rings. The van der Waals surface area contributed by atoms with Crippen LogP contribution in [0, 0.1) is 0 Å². The molecule has 0 unspecified atom stereocenters. The van der Waals surface area contributed by atoms with Crippen molar-refractivity contribution in [2.24, 2.45) is 0 Å². The average molecular weight is 385 g/mol. The molecule has 1 N–H and O–H groups in total. The van der Waals surface area contributed by atoms with Crippen LogP contribution in [-0.4, -0.2) is 14.8 Å². The smallest absolute Gasteiger partial charge is 0.0754 e. The molecule has 0 saturated heterocycles. The zero-order chi connectivity index (χ0) is 19.7. The van der Waals surface area contributed by atoms with E-state index >= 15 is 0 Å². The van der Waals surface area contributed by atoms with Crippen molar-refractivity contribution in [3.8, 4) is 16.8 Å². The number of nitrogens with one attached hydrogen (secondary N) is 1. The number of para-hydroxylation sites is 1. The number of benzene rings is 4. The number of aromatic nitrogens is 3. The third-order valence-electron chi connectivity index (χ3n) is 6.53. The summed E-state index contributed by atoms with van der Waals surface area (Å²) >= 11 is 0. The molecule has 0 amide bonds. The first-order valence-corrected chi connectivity index (χ1v) is 10.5. The summed E-state index contributed by atoms with van der Waals surface area (Å²) in [7, 11) is 0. The number of fused-ring (bicyclic) bond motifs is 9. The van der Waals surface area contributed by atoms with Crippen LogP contribution in [0.25, 0.3) is 49.5 Å². The predicted molar refractivity (Wildman–Crippen MR) is 123 cm³/mol. The Hall–Kier alpha value is -3.85. The molecule has 142 valence electrons. The lowest BCUT2D eigenvalue weighted by Crippen LogP contribution is -2.04. The Morgan fingerprint density at radius 3 is 2.53 bits per heavy atom. The number of rotatable bonds is 1. The Morgan fingerprint density at radius 2 is 1.60 bits per heavy atom. The van der Waals surface area contributed by atoms with E-state index in [1.165, 1.54) is 43.9 Å². The van der Waals surface area contributed by atoms with E-state index in [4.69, 9.17) is 4.98 Å². The third-order valence-corrected chi connectivity index (χ3v) is 6.53. The number of H-pyrrole nitrogens is 1. The third kappa shape index (κ3) is 2.07. The van der Waals surface area contributed by atoms with Gasteiger partial charge in [0.2, 0.25) is 0 Å². The Morgan fingerprint density at radius 1 is 0.733 bits per heavy atom. The topological polar surface area (TPSA) is 33.6 Å². The highest BCUT2D eigenvalue weighted by molar-refractivity contribution is 6.20. The van der Waals surface area contributed by atoms with E-state index < -0.39 is 0 Å². The lowest BCUT2D eigenvalue weighted by atomic mass is 9.84. The van der Waals surface area contributed by atoms with Gasteiger partial charge in [-0.3, -0.25) is 4.68 Å². The van der Waals surface area contributed by atoms with Gasteiger partial charge in [-0.1, -0.05) is 54.6 Å². The van der Waals surface area contributed by atoms with Crippen molar-refractivity contribution in [2.45, 2.75) is 12.8 Å². The molecule has 7 rings (SSSR count). The van der Waals surface area contributed by atoms with Crippen molar-refractivity contribution >= 4 is 32.7 Å². The number of aromatic amines is 1. The predicted octanol–water partition coefficient (Wildman–Crippen LogP) is 6.43. The molecule has 2 aromatic heterocycles. The van der Waals surface area contributed by atoms with E-state index in [0.29, 0.717) is 0 Å². The second-order valence-corrected chi connectivity index (χ2v) is 8.09. The Bertz CT molecular complexity index is 1590. The number of hydrogen-bond acceptors (Lipinski definition) is 1. The van der Waals surface area contributed by atoms with E-state index in [1.807, 2.05) is 6.07 Å². The highest BCUT2D eigenvalue weighted by Gasteiger charge is 2.21. The van der Waals surface area contributed by atoms with Gasteiger partial charge >= 0.3 is 0 Å². The fourth-order valence-corrected chi connectivity index (χ4v) is 5.16. The molecule has 0 saturated carbocycles. The van der Waals surface area contributed by atoms with E-state index in [9.17, 15) is 0 Å². The van der Waals surface area contributed by atoms with Crippen molar-refractivity contribution < 1.29 is 0 Å². The first-order chi connectivity index (χ1) is 14.9. The summed E-state index contributed by atoms with van der Waals surface area (Å²) in [5.74, 6) is 0. The summed E-state index contributed by atoms with van der Waals surface area (Å²) in [6.07, 6.45) is 4.24. The van der Waals surface area contributed by atoms with Gasteiger partial charge in [-0.05, 0) is 59.4 Å². The maximum atomic E-state index is 5.11. The molecule has 0 radical (unpaired) electrons. The first-order valence-electron chi connectivity index (χ1n) is 10.5. The van der Waals surface area contributed by atoms with E-state index in [-0.39, 0.29) is 0 Å². The molecule has 3 heteroatoms. The van der Waals surface area contributed by atoms with E-state index in [1.54, 1.807) is 0 Å². The summed E-state index contributed by atoms with van der Waals surface area (Å²) in [5, 5.41) is 7.16. The van der Waals surface area contributed by atoms with E-state index in [0.717, 1.165) is 29.6 Å². The molecule has 0 atom stereocenters. The fraction of sp³-hybridized carbons (Fsp3) is 0.0741. The summed E-state index contributed by atoms with van der Waals surface area (Å²) in [5.41, 5.74) is 10.1. The average Bonchev–Trinajstić information content (AvgIpc) is 3.40. The molecular formula is C27H19N3. The number of aryl methyl sites for hydroxylation is 2. The second-order valence-electron chi connectivity index (χ2n) is 8.09. The molecule has 30 heavy (non-hydrogen) atoms. The zero-order valence-corrected chi connectivity index (χ0v) is 16.4. The minimum atomic E-state index is 1.05. The number of nitrogens with zero attached hydrogens (tertiary/aromatic N) is 2. The molecule has 0 aliphatic heterocycles. The molecule has 2 heterocycles. The van der Waals surface area contributed by atoms with Crippen LogP contribution in [0.5, 0.6) is 0 Å². The molecule has 0 spiro atoms. The van der Waals surface area contributed by atoms with Gasteiger partial charge in [-0.2, -0.15) is 0 Å². The summed E-state index contributed by atoms with van der Waals surface area (Å²) in [4.78, 5) is 5.11. The largest absolute Gasteiger partial charge is 0.300 e. The Balaban J connectivity index is 1.53. The molecular weight excluding hydrogens is 366 g/mol. The van der Waals surface area contributed by atoms with Crippen LogP contribution in [0.3, 0.4) is 0 Å². The van der Waals surface area contributed by atoms with Crippen molar-refractivity contribution in [1.29, 1.82) is 0 Å². The van der Waals surface area contributed by atoms with Crippen LogP contribution in [0.2, 0.25) is 0 Å². The van der Waals surface area contributed by atoms with Crippen LogP contribution < -0.4 is 0 Å². The van der Waals surface area contributed by atoms with E-state index in [2.05, 4.69) is 88.8 Å². The minimum absolute atomic E-state index is 1.05. The van der Waals surface area contributed by atoms with Gasteiger partial charge in [0.25, 0.3) is 0 Å². The highest BCUT2D eigenvalue weighted by atomic mass is 15.3. The SMILES string of the molecule is c1ccc(-n2[nH]cc3c4c(ccc32)nc2c3c(ccc24)-c2ccccc2CC3)cc1. The van der Waals surface area contributed by atoms with Gasteiger partial charge < -0.3 is 5.10 Å². The molecule has 6 aromatic rings. The molecule has 1 aliphatic rings. The zero-order valence-electron chi connectivity index (χ0n) is 16.4. The Kier molecular flexibility index (Phi) is 3.11. The maximum Gasteiger partial charge on any atom is 0.0754 e. The highest BCUT2D eigenvalue weighted by Crippen LogP contribution is 2.41. The summed E-state index contributed by atoms with van der Waals surface area (Å²) in [6, 6.07) is 28.1. The quantitative estimate of drug-likeness (QED) is 0.348. The van der Waals surface area contributed by atoms with Crippen molar-refractivity contribution in [3.63, 3.8) is 0 Å². The van der Waals surface area contributed by atoms with Crippen molar-refractivity contribution in [2.75, 3.05) is 0 Å². The van der Waals surface area contributed by atoms with Crippen LogP contribution in [0.15, 0.2) is 85.1 Å². The summed E-state index contributed by atoms with van der Waals surface area (Å²) < 4.78 is 2.14. The first kappa shape index (κ1) is 16.0. The van der Waals surface area contributed by atoms with Gasteiger partial charge in [-0.25, -0.2) is 4.98 Å². The maximum absolute atomic E-state index is 5.11. The van der Waals surface area contributed by atoms with Crippen LogP contribution in [0.4, 0.5) is 0 Å². The van der Waals surface area contributed by atoms with Crippen molar-refractivity contribution in [1.82, 2.24) is 14.8 Å². The van der Waals surface area contributed by atoms with Crippen molar-refractivity contribution in [3.05, 3.63) is 96.2 Å². The van der Waals surface area contributed by atoms with Crippen LogP contribution in [-0.2, 0) is 12.8 Å². The lowest BCUT2D eigenvalue weighted by Gasteiger charge is -2.20. The Labute approximate surface area is 173 Å². The summed E-state index contributed by atoms with van der Waals surface area (Å²) in [6.45, 7) is 0. The van der Waals surface area contributed by atoms with Gasteiger partial charge in [0.1, 0.15) is 0 Å². The van der Waals surface area contributed by atoms with Gasteiger partial charge in [-0.15, -0.1) is 0 Å². The molecule has 1 aliphatic carbocycles. The standard InChI is InChI=1S/C27H19N3/c1-2-7-18(8-3-1)30-25-15-14-24-26(23(25)16-28-30)22-13-12-20-19-9-5-4-6-17(19)10-11-21(20)27(22)29-24/h1-9,12-16,28H,10-11H2. The molecule has 3 nitrogen and oxygen atoms in total.